The molecule has 27 heavy (non-hydrogen) atoms. The van der Waals surface area contributed by atoms with Gasteiger partial charge in [0, 0.05) is 49.3 Å². The SMILES string of the molecule is CC(=O)Nc1ccc2c(CN(CC3CCCCC3)C3CC3)cc(=O)oc2c1. The molecule has 1 aromatic carbocycles. The van der Waals surface area contributed by atoms with Crippen molar-refractivity contribution in [3.8, 4) is 0 Å². The van der Waals surface area contributed by atoms with E-state index in [1.807, 2.05) is 12.1 Å². The van der Waals surface area contributed by atoms with Crippen LogP contribution in [-0.2, 0) is 11.3 Å². The number of hydrogen-bond acceptors (Lipinski definition) is 4. The van der Waals surface area contributed by atoms with Crippen molar-refractivity contribution in [2.45, 2.75) is 64.5 Å². The van der Waals surface area contributed by atoms with E-state index in [0.29, 0.717) is 17.3 Å². The van der Waals surface area contributed by atoms with E-state index in [-0.39, 0.29) is 11.5 Å². The first kappa shape index (κ1) is 18.2. The second-order valence-electron chi connectivity index (χ2n) is 8.15. The molecular weight excluding hydrogens is 340 g/mol. The van der Waals surface area contributed by atoms with Crippen molar-refractivity contribution >= 4 is 22.6 Å². The van der Waals surface area contributed by atoms with Crippen molar-refractivity contribution in [1.29, 1.82) is 0 Å². The van der Waals surface area contributed by atoms with Gasteiger partial charge in [-0.3, -0.25) is 9.69 Å². The summed E-state index contributed by atoms with van der Waals surface area (Å²) in [7, 11) is 0. The first-order chi connectivity index (χ1) is 13.1. The summed E-state index contributed by atoms with van der Waals surface area (Å²) in [5, 5.41) is 3.70. The predicted octanol–water partition coefficient (Wildman–Crippen LogP) is 4.30. The van der Waals surface area contributed by atoms with Gasteiger partial charge >= 0.3 is 5.63 Å². The molecule has 2 aliphatic carbocycles. The minimum atomic E-state index is -0.328. The molecule has 1 N–H and O–H groups in total. The van der Waals surface area contributed by atoms with E-state index in [0.717, 1.165) is 30.0 Å². The molecule has 2 aromatic rings. The standard InChI is InChI=1S/C22H28N2O3/c1-15(25)23-18-7-10-20-17(11-22(26)27-21(20)12-18)14-24(19-8-9-19)13-16-5-3-2-4-6-16/h7,10-12,16,19H,2-6,8-9,13-14H2,1H3,(H,23,25). The molecule has 2 saturated carbocycles. The largest absolute Gasteiger partial charge is 0.423 e. The van der Waals surface area contributed by atoms with E-state index in [2.05, 4.69) is 10.2 Å². The lowest BCUT2D eigenvalue weighted by Crippen LogP contribution is -2.32. The number of carbonyl (C=O) groups is 1. The Bertz CT molecular complexity index is 879. The number of benzene rings is 1. The lowest BCUT2D eigenvalue weighted by molar-refractivity contribution is -0.114. The molecule has 5 heteroatoms. The van der Waals surface area contributed by atoms with Crippen LogP contribution < -0.4 is 10.9 Å². The van der Waals surface area contributed by atoms with Crippen LogP contribution in [0, 0.1) is 5.92 Å². The van der Waals surface area contributed by atoms with E-state index < -0.39 is 0 Å². The third kappa shape index (κ3) is 4.59. The third-order valence-corrected chi connectivity index (χ3v) is 5.80. The normalized spacial score (nSPS) is 18.1. The van der Waals surface area contributed by atoms with Crippen LogP contribution in [0.2, 0.25) is 0 Å². The average Bonchev–Trinajstić information content (AvgIpc) is 3.46. The molecule has 1 aromatic heterocycles. The van der Waals surface area contributed by atoms with Crippen molar-refractivity contribution < 1.29 is 9.21 Å². The Morgan fingerprint density at radius 3 is 2.63 bits per heavy atom. The quantitative estimate of drug-likeness (QED) is 0.773. The summed E-state index contributed by atoms with van der Waals surface area (Å²) in [6, 6.07) is 7.86. The van der Waals surface area contributed by atoms with Crippen molar-refractivity contribution in [2.24, 2.45) is 5.92 Å². The number of carbonyl (C=O) groups excluding carboxylic acids is 1. The fourth-order valence-electron chi connectivity index (χ4n) is 4.34. The summed E-state index contributed by atoms with van der Waals surface area (Å²) in [6.07, 6.45) is 9.28. The smallest absolute Gasteiger partial charge is 0.336 e. The Hall–Kier alpha value is -2.14. The minimum absolute atomic E-state index is 0.139. The molecule has 0 atom stereocenters. The Morgan fingerprint density at radius 1 is 1.15 bits per heavy atom. The molecular formula is C22H28N2O3. The lowest BCUT2D eigenvalue weighted by atomic mass is 9.89. The first-order valence-electron chi connectivity index (χ1n) is 10.2. The van der Waals surface area contributed by atoms with Crippen LogP contribution in [0.5, 0.6) is 0 Å². The van der Waals surface area contributed by atoms with Gasteiger partial charge in [0.2, 0.25) is 5.91 Å². The van der Waals surface area contributed by atoms with E-state index in [1.54, 1.807) is 12.1 Å². The van der Waals surface area contributed by atoms with Gasteiger partial charge in [-0.15, -0.1) is 0 Å². The first-order valence-corrected chi connectivity index (χ1v) is 10.2. The second-order valence-corrected chi connectivity index (χ2v) is 8.15. The van der Waals surface area contributed by atoms with Crippen LogP contribution in [0.1, 0.15) is 57.4 Å². The molecule has 0 aliphatic heterocycles. The Balaban J connectivity index is 1.59. The molecule has 0 radical (unpaired) electrons. The van der Waals surface area contributed by atoms with E-state index in [1.165, 1.54) is 51.9 Å². The number of fused-ring (bicyclic) bond motifs is 1. The van der Waals surface area contributed by atoms with Crippen LogP contribution in [0.4, 0.5) is 5.69 Å². The van der Waals surface area contributed by atoms with Crippen molar-refractivity contribution in [3.63, 3.8) is 0 Å². The molecule has 5 nitrogen and oxygen atoms in total. The number of amides is 1. The fourth-order valence-corrected chi connectivity index (χ4v) is 4.34. The van der Waals surface area contributed by atoms with Gasteiger partial charge in [0.1, 0.15) is 5.58 Å². The molecule has 0 spiro atoms. The van der Waals surface area contributed by atoms with Crippen LogP contribution in [0.3, 0.4) is 0 Å². The zero-order valence-corrected chi connectivity index (χ0v) is 16.0. The fraction of sp³-hybridized carbons (Fsp3) is 0.545. The minimum Gasteiger partial charge on any atom is -0.423 e. The molecule has 4 rings (SSSR count). The Morgan fingerprint density at radius 2 is 1.93 bits per heavy atom. The number of hydrogen-bond donors (Lipinski definition) is 1. The van der Waals surface area contributed by atoms with Gasteiger partial charge in [-0.25, -0.2) is 4.79 Å². The summed E-state index contributed by atoms with van der Waals surface area (Å²) < 4.78 is 5.41. The second kappa shape index (κ2) is 7.85. The summed E-state index contributed by atoms with van der Waals surface area (Å²) >= 11 is 0. The molecule has 1 amide bonds. The topological polar surface area (TPSA) is 62.6 Å². The van der Waals surface area contributed by atoms with Gasteiger partial charge < -0.3 is 9.73 Å². The van der Waals surface area contributed by atoms with Gasteiger partial charge in [-0.1, -0.05) is 19.3 Å². The highest BCUT2D eigenvalue weighted by molar-refractivity contribution is 5.92. The predicted molar refractivity (Wildman–Crippen MR) is 107 cm³/mol. The number of rotatable bonds is 6. The van der Waals surface area contributed by atoms with E-state index >= 15 is 0 Å². The summed E-state index contributed by atoms with van der Waals surface area (Å²) in [5.41, 5.74) is 1.89. The zero-order valence-electron chi connectivity index (χ0n) is 16.0. The molecule has 144 valence electrons. The maximum atomic E-state index is 12.1. The third-order valence-electron chi connectivity index (χ3n) is 5.80. The van der Waals surface area contributed by atoms with E-state index in [9.17, 15) is 9.59 Å². The highest BCUT2D eigenvalue weighted by Crippen LogP contribution is 2.33. The number of anilines is 1. The van der Waals surface area contributed by atoms with Crippen molar-refractivity contribution in [1.82, 2.24) is 4.90 Å². The maximum Gasteiger partial charge on any atom is 0.336 e. The maximum absolute atomic E-state index is 12.1. The number of nitrogens with one attached hydrogen (secondary N) is 1. The van der Waals surface area contributed by atoms with Crippen molar-refractivity contribution in [3.05, 3.63) is 40.2 Å². The average molecular weight is 368 g/mol. The molecule has 1 heterocycles. The summed E-state index contributed by atoms with van der Waals surface area (Å²) in [6.45, 7) is 3.40. The van der Waals surface area contributed by atoms with Gasteiger partial charge in [0.25, 0.3) is 0 Å². The zero-order chi connectivity index (χ0) is 18.8. The van der Waals surface area contributed by atoms with E-state index in [4.69, 9.17) is 4.42 Å². The molecule has 2 aliphatic rings. The molecule has 0 bridgehead atoms. The Labute approximate surface area is 159 Å². The lowest BCUT2D eigenvalue weighted by Gasteiger charge is -2.30. The highest BCUT2D eigenvalue weighted by atomic mass is 16.4. The van der Waals surface area contributed by atoms with Crippen LogP contribution >= 0.6 is 0 Å². The molecule has 0 saturated heterocycles. The summed E-state index contributed by atoms with van der Waals surface area (Å²) in [4.78, 5) is 26.0. The summed E-state index contributed by atoms with van der Waals surface area (Å²) in [5.74, 6) is 0.650. The van der Waals surface area contributed by atoms with Crippen LogP contribution in [0.15, 0.2) is 33.5 Å². The molecule has 2 fully saturated rings. The monoisotopic (exact) mass is 368 g/mol. The van der Waals surface area contributed by atoms with Crippen LogP contribution in [0.25, 0.3) is 11.0 Å². The van der Waals surface area contributed by atoms with Crippen molar-refractivity contribution in [2.75, 3.05) is 11.9 Å². The van der Waals surface area contributed by atoms with Gasteiger partial charge in [0.15, 0.2) is 0 Å². The Kier molecular flexibility index (Phi) is 5.30. The van der Waals surface area contributed by atoms with Gasteiger partial charge in [0.05, 0.1) is 0 Å². The van der Waals surface area contributed by atoms with Crippen LogP contribution in [-0.4, -0.2) is 23.4 Å². The highest BCUT2D eigenvalue weighted by Gasteiger charge is 2.31. The van der Waals surface area contributed by atoms with Gasteiger partial charge in [-0.2, -0.15) is 0 Å². The molecule has 0 unspecified atom stereocenters. The number of nitrogens with zero attached hydrogens (tertiary/aromatic N) is 1. The van der Waals surface area contributed by atoms with Gasteiger partial charge in [-0.05, 0) is 49.3 Å².